The molecule has 4 rings (SSSR count). The molecule has 112 valence electrons. The monoisotopic (exact) mass is 295 g/mol. The minimum absolute atomic E-state index is 0.0800. The fourth-order valence-corrected chi connectivity index (χ4v) is 3.15. The molecule has 0 saturated heterocycles. The number of rotatable bonds is 1. The maximum absolute atomic E-state index is 12.7. The summed E-state index contributed by atoms with van der Waals surface area (Å²) in [5.74, 6) is 1.67. The minimum Gasteiger partial charge on any atom is -0.454 e. The summed E-state index contributed by atoms with van der Waals surface area (Å²) in [5.41, 5.74) is 3.12. The van der Waals surface area contributed by atoms with E-state index >= 15 is 0 Å². The van der Waals surface area contributed by atoms with E-state index < -0.39 is 0 Å². The predicted molar refractivity (Wildman–Crippen MR) is 82.0 cm³/mol. The Kier molecular flexibility index (Phi) is 3.03. The molecule has 1 unspecified atom stereocenters. The number of amides is 1. The van der Waals surface area contributed by atoms with E-state index in [9.17, 15) is 4.79 Å². The highest BCUT2D eigenvalue weighted by molar-refractivity contribution is 5.94. The number of hydrogen-bond donors (Lipinski definition) is 0. The van der Waals surface area contributed by atoms with Gasteiger partial charge in [-0.3, -0.25) is 4.79 Å². The summed E-state index contributed by atoms with van der Waals surface area (Å²) >= 11 is 0. The second kappa shape index (κ2) is 5.05. The van der Waals surface area contributed by atoms with E-state index in [0.29, 0.717) is 6.54 Å². The summed E-state index contributed by atoms with van der Waals surface area (Å²) < 4.78 is 10.9. The van der Waals surface area contributed by atoms with Crippen molar-refractivity contribution in [3.63, 3.8) is 0 Å². The van der Waals surface area contributed by atoms with Crippen LogP contribution in [0.15, 0.2) is 42.5 Å². The molecule has 0 radical (unpaired) electrons. The summed E-state index contributed by atoms with van der Waals surface area (Å²) in [5, 5.41) is 0. The van der Waals surface area contributed by atoms with Crippen LogP contribution in [0.2, 0.25) is 0 Å². The zero-order chi connectivity index (χ0) is 15.1. The van der Waals surface area contributed by atoms with Gasteiger partial charge in [-0.25, -0.2) is 0 Å². The molecule has 0 aliphatic carbocycles. The number of ether oxygens (including phenoxy) is 2. The van der Waals surface area contributed by atoms with Gasteiger partial charge in [-0.1, -0.05) is 18.2 Å². The van der Waals surface area contributed by atoms with Crippen molar-refractivity contribution in [3.05, 3.63) is 59.2 Å². The van der Waals surface area contributed by atoms with Crippen LogP contribution >= 0.6 is 0 Å². The van der Waals surface area contributed by atoms with Gasteiger partial charge in [-0.2, -0.15) is 0 Å². The van der Waals surface area contributed by atoms with Crippen LogP contribution in [0.3, 0.4) is 0 Å². The number of benzene rings is 2. The van der Waals surface area contributed by atoms with Crippen molar-refractivity contribution in [1.29, 1.82) is 0 Å². The lowest BCUT2D eigenvalue weighted by Crippen LogP contribution is -2.42. The van der Waals surface area contributed by atoms with Gasteiger partial charge in [0.25, 0.3) is 5.91 Å². The zero-order valence-corrected chi connectivity index (χ0v) is 12.4. The summed E-state index contributed by atoms with van der Waals surface area (Å²) in [4.78, 5) is 14.7. The molecule has 0 saturated carbocycles. The number of fused-ring (bicyclic) bond motifs is 2. The molecule has 0 bridgehead atoms. The SMILES string of the molecule is CC1Cc2cc3c(cc2CN1C(=O)c1ccccc1)OCO3. The number of carbonyl (C=O) groups excluding carboxylic acids is 1. The lowest BCUT2D eigenvalue weighted by Gasteiger charge is -2.35. The molecule has 2 heterocycles. The molecule has 2 aliphatic heterocycles. The van der Waals surface area contributed by atoms with Crippen molar-refractivity contribution in [2.24, 2.45) is 0 Å². The highest BCUT2D eigenvalue weighted by Crippen LogP contribution is 2.37. The highest BCUT2D eigenvalue weighted by atomic mass is 16.7. The van der Waals surface area contributed by atoms with Gasteiger partial charge in [0, 0.05) is 18.2 Å². The maximum atomic E-state index is 12.7. The Morgan fingerprint density at radius 3 is 2.50 bits per heavy atom. The number of carbonyl (C=O) groups is 1. The summed E-state index contributed by atoms with van der Waals surface area (Å²) in [6.07, 6.45) is 0.838. The van der Waals surface area contributed by atoms with Crippen molar-refractivity contribution in [2.75, 3.05) is 6.79 Å². The molecular weight excluding hydrogens is 278 g/mol. The fraction of sp³-hybridized carbons (Fsp3) is 0.278. The average molecular weight is 295 g/mol. The van der Waals surface area contributed by atoms with E-state index in [-0.39, 0.29) is 18.7 Å². The predicted octanol–water partition coefficient (Wildman–Crippen LogP) is 3.00. The Labute approximate surface area is 129 Å². The molecule has 2 aromatic carbocycles. The van der Waals surface area contributed by atoms with Crippen LogP contribution in [0.5, 0.6) is 11.5 Å². The van der Waals surface area contributed by atoms with Crippen LogP contribution < -0.4 is 9.47 Å². The molecule has 22 heavy (non-hydrogen) atoms. The molecule has 0 N–H and O–H groups in total. The Balaban J connectivity index is 1.66. The number of hydrogen-bond acceptors (Lipinski definition) is 3. The van der Waals surface area contributed by atoms with E-state index in [4.69, 9.17) is 9.47 Å². The van der Waals surface area contributed by atoms with Gasteiger partial charge < -0.3 is 14.4 Å². The summed E-state index contributed by atoms with van der Waals surface area (Å²) in [6.45, 7) is 2.98. The van der Waals surface area contributed by atoms with Crippen LogP contribution in [-0.4, -0.2) is 23.6 Å². The van der Waals surface area contributed by atoms with E-state index in [1.807, 2.05) is 41.3 Å². The van der Waals surface area contributed by atoms with Gasteiger partial charge in [0.1, 0.15) is 0 Å². The normalized spacial score (nSPS) is 19.0. The molecule has 0 aromatic heterocycles. The first-order valence-corrected chi connectivity index (χ1v) is 7.50. The quantitative estimate of drug-likeness (QED) is 0.812. The van der Waals surface area contributed by atoms with Crippen molar-refractivity contribution < 1.29 is 14.3 Å². The standard InChI is InChI=1S/C18H17NO3/c1-12-7-14-8-16-17(22-11-21-16)9-15(14)10-19(12)18(20)13-5-3-2-4-6-13/h2-6,8-9,12H,7,10-11H2,1H3. The molecule has 0 spiro atoms. The molecular formula is C18H17NO3. The molecule has 4 heteroatoms. The fourth-order valence-electron chi connectivity index (χ4n) is 3.15. The topological polar surface area (TPSA) is 38.8 Å². The summed E-state index contributed by atoms with van der Waals surface area (Å²) in [6, 6.07) is 13.7. The molecule has 2 aliphatic rings. The first-order valence-electron chi connectivity index (χ1n) is 7.50. The van der Waals surface area contributed by atoms with Gasteiger partial charge in [-0.05, 0) is 48.7 Å². The first-order chi connectivity index (χ1) is 10.7. The van der Waals surface area contributed by atoms with Gasteiger partial charge in [0.2, 0.25) is 6.79 Å². The lowest BCUT2D eigenvalue weighted by molar-refractivity contribution is 0.0658. The largest absolute Gasteiger partial charge is 0.454 e. The third-order valence-electron chi connectivity index (χ3n) is 4.36. The second-order valence-electron chi connectivity index (χ2n) is 5.83. The van der Waals surface area contributed by atoms with Crippen LogP contribution in [0.25, 0.3) is 0 Å². The highest BCUT2D eigenvalue weighted by Gasteiger charge is 2.29. The van der Waals surface area contributed by atoms with Crippen LogP contribution in [-0.2, 0) is 13.0 Å². The van der Waals surface area contributed by atoms with E-state index in [1.165, 1.54) is 5.56 Å². The van der Waals surface area contributed by atoms with Crippen molar-refractivity contribution >= 4 is 5.91 Å². The second-order valence-corrected chi connectivity index (χ2v) is 5.83. The maximum Gasteiger partial charge on any atom is 0.254 e. The van der Waals surface area contributed by atoms with Crippen molar-refractivity contribution in [2.45, 2.75) is 25.9 Å². The average Bonchev–Trinajstić information content (AvgIpc) is 2.99. The van der Waals surface area contributed by atoms with Gasteiger partial charge in [0.15, 0.2) is 11.5 Å². The van der Waals surface area contributed by atoms with Crippen molar-refractivity contribution in [1.82, 2.24) is 4.90 Å². The molecule has 0 fully saturated rings. The molecule has 2 aromatic rings. The zero-order valence-electron chi connectivity index (χ0n) is 12.4. The molecule has 1 amide bonds. The Morgan fingerprint density at radius 1 is 1.09 bits per heavy atom. The van der Waals surface area contributed by atoms with Gasteiger partial charge >= 0.3 is 0 Å². The smallest absolute Gasteiger partial charge is 0.254 e. The summed E-state index contributed by atoms with van der Waals surface area (Å²) in [7, 11) is 0. The minimum atomic E-state index is 0.0800. The first kappa shape index (κ1) is 13.2. The van der Waals surface area contributed by atoms with E-state index in [1.54, 1.807) is 0 Å². The van der Waals surface area contributed by atoms with Gasteiger partial charge in [-0.15, -0.1) is 0 Å². The lowest BCUT2D eigenvalue weighted by atomic mass is 9.93. The molecule has 1 atom stereocenters. The number of nitrogens with zero attached hydrogens (tertiary/aromatic N) is 1. The van der Waals surface area contributed by atoms with Crippen LogP contribution in [0.1, 0.15) is 28.4 Å². The Morgan fingerprint density at radius 2 is 1.77 bits per heavy atom. The van der Waals surface area contributed by atoms with Crippen LogP contribution in [0.4, 0.5) is 0 Å². The van der Waals surface area contributed by atoms with E-state index in [2.05, 4.69) is 13.0 Å². The third-order valence-corrected chi connectivity index (χ3v) is 4.36. The Hall–Kier alpha value is -2.49. The third kappa shape index (κ3) is 2.11. The van der Waals surface area contributed by atoms with Crippen LogP contribution in [0, 0.1) is 0 Å². The van der Waals surface area contributed by atoms with E-state index in [0.717, 1.165) is 29.0 Å². The Bertz CT molecular complexity index is 727. The van der Waals surface area contributed by atoms with Gasteiger partial charge in [0.05, 0.1) is 0 Å². The van der Waals surface area contributed by atoms with Crippen molar-refractivity contribution in [3.8, 4) is 11.5 Å². The molecule has 4 nitrogen and oxygen atoms in total.